The highest BCUT2D eigenvalue weighted by molar-refractivity contribution is 14.0. The molecule has 0 aliphatic heterocycles. The minimum atomic E-state index is -2.99. The van der Waals surface area contributed by atoms with Crippen LogP contribution in [0.2, 0.25) is 0 Å². The van der Waals surface area contributed by atoms with Gasteiger partial charge >= 0.3 is 0 Å². The Morgan fingerprint density at radius 1 is 1.14 bits per heavy atom. The summed E-state index contributed by atoms with van der Waals surface area (Å²) in [7, 11) is -2.99. The summed E-state index contributed by atoms with van der Waals surface area (Å²) >= 11 is 0. The molecule has 1 atom stereocenters. The molecule has 8 heteroatoms. The summed E-state index contributed by atoms with van der Waals surface area (Å²) in [6.07, 6.45) is 1.20. The molecule has 0 aliphatic carbocycles. The Morgan fingerprint density at radius 2 is 1.86 bits per heavy atom. The van der Waals surface area contributed by atoms with Gasteiger partial charge in [0, 0.05) is 12.8 Å². The van der Waals surface area contributed by atoms with Gasteiger partial charge in [-0.3, -0.25) is 4.99 Å². The van der Waals surface area contributed by atoms with Crippen molar-refractivity contribution in [3.05, 3.63) is 48.0 Å². The van der Waals surface area contributed by atoms with Gasteiger partial charge in [-0.25, -0.2) is 8.42 Å². The molecule has 0 bridgehead atoms. The van der Waals surface area contributed by atoms with E-state index in [-0.39, 0.29) is 42.4 Å². The van der Waals surface area contributed by atoms with Crippen molar-refractivity contribution in [2.24, 2.45) is 4.99 Å². The summed E-state index contributed by atoms with van der Waals surface area (Å²) in [4.78, 5) is 4.51. The normalized spacial score (nSPS) is 13.0. The topological polar surface area (TPSA) is 79.8 Å². The molecule has 0 amide bonds. The number of guanidine groups is 1. The molecule has 0 aliphatic rings. The summed E-state index contributed by atoms with van der Waals surface area (Å²) in [5, 5.41) is 9.10. The summed E-state index contributed by atoms with van der Waals surface area (Å²) in [6.45, 7) is 5.92. The average molecular weight is 519 g/mol. The zero-order valence-corrected chi connectivity index (χ0v) is 19.8. The third-order valence-electron chi connectivity index (χ3n) is 4.09. The van der Waals surface area contributed by atoms with Crippen LogP contribution in [0.1, 0.15) is 25.5 Å². The van der Waals surface area contributed by atoms with Crippen LogP contribution in [0.25, 0.3) is 10.8 Å². The molecular formula is C20H30IN3O3S. The van der Waals surface area contributed by atoms with E-state index in [1.54, 1.807) is 0 Å². The number of nitrogens with zero attached hydrogens (tertiary/aromatic N) is 1. The molecule has 6 nitrogen and oxygen atoms in total. The maximum absolute atomic E-state index is 11.1. The lowest BCUT2D eigenvalue weighted by Crippen LogP contribution is -2.39. The molecule has 0 aromatic heterocycles. The zero-order chi connectivity index (χ0) is 19.7. The van der Waals surface area contributed by atoms with Gasteiger partial charge in [-0.05, 0) is 30.2 Å². The molecule has 2 aromatic rings. The monoisotopic (exact) mass is 519 g/mol. The van der Waals surface area contributed by atoms with E-state index in [0.717, 1.165) is 6.54 Å². The van der Waals surface area contributed by atoms with Gasteiger partial charge in [0.15, 0.2) is 5.96 Å². The van der Waals surface area contributed by atoms with E-state index in [4.69, 9.17) is 4.74 Å². The summed E-state index contributed by atoms with van der Waals surface area (Å²) in [6, 6.07) is 14.7. The van der Waals surface area contributed by atoms with Crippen molar-refractivity contribution in [1.29, 1.82) is 0 Å². The smallest absolute Gasteiger partial charge is 0.191 e. The minimum Gasteiger partial charge on any atom is -0.378 e. The molecule has 0 spiro atoms. The van der Waals surface area contributed by atoms with Crippen molar-refractivity contribution in [3.63, 3.8) is 0 Å². The number of benzene rings is 2. The number of ether oxygens (including phenoxy) is 1. The van der Waals surface area contributed by atoms with Crippen LogP contribution < -0.4 is 10.6 Å². The Kier molecular flexibility index (Phi) is 10.8. The lowest BCUT2D eigenvalue weighted by atomic mass is 10.00. The van der Waals surface area contributed by atoms with E-state index in [1.165, 1.54) is 22.6 Å². The van der Waals surface area contributed by atoms with Crippen LogP contribution in [0.3, 0.4) is 0 Å². The van der Waals surface area contributed by atoms with Crippen LogP contribution in [0.15, 0.2) is 47.5 Å². The van der Waals surface area contributed by atoms with Gasteiger partial charge in [-0.2, -0.15) is 0 Å². The van der Waals surface area contributed by atoms with E-state index >= 15 is 0 Å². The number of fused-ring (bicyclic) bond motifs is 1. The summed E-state index contributed by atoms with van der Waals surface area (Å²) < 4.78 is 27.5. The van der Waals surface area contributed by atoms with Crippen LogP contribution in [0.5, 0.6) is 0 Å². The van der Waals surface area contributed by atoms with Gasteiger partial charge in [-0.1, -0.05) is 42.5 Å². The van der Waals surface area contributed by atoms with Crippen molar-refractivity contribution >= 4 is 50.5 Å². The quantitative estimate of drug-likeness (QED) is 0.230. The molecular weight excluding hydrogens is 489 g/mol. The Morgan fingerprint density at radius 3 is 2.57 bits per heavy atom. The molecule has 28 heavy (non-hydrogen) atoms. The maximum Gasteiger partial charge on any atom is 0.191 e. The summed E-state index contributed by atoms with van der Waals surface area (Å²) in [5.74, 6) is 0.748. The van der Waals surface area contributed by atoms with E-state index in [2.05, 4.69) is 52.9 Å². The number of nitrogens with one attached hydrogen (secondary N) is 2. The zero-order valence-electron chi connectivity index (χ0n) is 16.6. The first-order chi connectivity index (χ1) is 12.9. The molecule has 0 fully saturated rings. The molecule has 0 radical (unpaired) electrons. The molecule has 2 aromatic carbocycles. The van der Waals surface area contributed by atoms with Gasteiger partial charge in [0.25, 0.3) is 0 Å². The van der Waals surface area contributed by atoms with Gasteiger partial charge in [0.05, 0.1) is 31.6 Å². The van der Waals surface area contributed by atoms with Crippen molar-refractivity contribution < 1.29 is 13.2 Å². The Balaban J connectivity index is 0.00000392. The number of hydrogen-bond acceptors (Lipinski definition) is 4. The molecule has 0 saturated heterocycles. The van der Waals surface area contributed by atoms with Gasteiger partial charge in [0.1, 0.15) is 9.84 Å². The third-order valence-corrected chi connectivity index (χ3v) is 5.00. The van der Waals surface area contributed by atoms with E-state index < -0.39 is 9.84 Å². The van der Waals surface area contributed by atoms with Gasteiger partial charge < -0.3 is 15.4 Å². The number of sulfone groups is 1. The predicted octanol–water partition coefficient (Wildman–Crippen LogP) is 3.14. The SMILES string of the molecule is CCNC(=NCCOCCS(C)(=O)=O)NC(C)c1cccc2ccccc12.I. The first kappa shape index (κ1) is 24.6. The molecule has 2 rings (SSSR count). The van der Waals surface area contributed by atoms with Crippen LogP contribution in [-0.4, -0.2) is 52.7 Å². The standard InChI is InChI=1S/C20H29N3O3S.HI/c1-4-21-20(22-12-13-26-14-15-27(3,24)25)23-16(2)18-11-7-9-17-8-5-6-10-19(17)18;/h5-11,16H,4,12-15H2,1-3H3,(H2,21,22,23);1H. The lowest BCUT2D eigenvalue weighted by molar-refractivity contribution is 0.157. The molecule has 0 saturated carbocycles. The Labute approximate surface area is 185 Å². The minimum absolute atomic E-state index is 0. The van der Waals surface area contributed by atoms with Gasteiger partial charge in [-0.15, -0.1) is 24.0 Å². The maximum atomic E-state index is 11.1. The van der Waals surface area contributed by atoms with Crippen LogP contribution >= 0.6 is 24.0 Å². The van der Waals surface area contributed by atoms with E-state index in [1.807, 2.05) is 19.1 Å². The molecule has 156 valence electrons. The largest absolute Gasteiger partial charge is 0.378 e. The van der Waals surface area contributed by atoms with E-state index in [0.29, 0.717) is 19.1 Å². The van der Waals surface area contributed by atoms with Crippen molar-refractivity contribution in [2.45, 2.75) is 19.9 Å². The van der Waals surface area contributed by atoms with Crippen molar-refractivity contribution in [2.75, 3.05) is 38.3 Å². The fraction of sp³-hybridized carbons (Fsp3) is 0.450. The fourth-order valence-corrected chi connectivity index (χ4v) is 3.19. The number of hydrogen-bond donors (Lipinski definition) is 2. The first-order valence-corrected chi connectivity index (χ1v) is 11.2. The lowest BCUT2D eigenvalue weighted by Gasteiger charge is -2.19. The highest BCUT2D eigenvalue weighted by atomic mass is 127. The summed E-state index contributed by atoms with van der Waals surface area (Å²) in [5.41, 5.74) is 1.21. The Bertz CT molecular complexity index is 867. The van der Waals surface area contributed by atoms with E-state index in [9.17, 15) is 8.42 Å². The number of aliphatic imine (C=N–C) groups is 1. The van der Waals surface area contributed by atoms with Crippen molar-refractivity contribution in [3.8, 4) is 0 Å². The van der Waals surface area contributed by atoms with Gasteiger partial charge in [0.2, 0.25) is 0 Å². The number of halogens is 1. The fourth-order valence-electron chi connectivity index (χ4n) is 2.77. The highest BCUT2D eigenvalue weighted by Gasteiger charge is 2.10. The average Bonchev–Trinajstić information content (AvgIpc) is 2.63. The second-order valence-corrected chi connectivity index (χ2v) is 8.70. The third kappa shape index (κ3) is 8.32. The Hall–Kier alpha value is -1.39. The molecule has 1 unspecified atom stereocenters. The number of rotatable bonds is 9. The van der Waals surface area contributed by atoms with Crippen LogP contribution in [-0.2, 0) is 14.6 Å². The predicted molar refractivity (Wildman–Crippen MR) is 127 cm³/mol. The highest BCUT2D eigenvalue weighted by Crippen LogP contribution is 2.23. The van der Waals surface area contributed by atoms with Crippen LogP contribution in [0.4, 0.5) is 0 Å². The first-order valence-electron chi connectivity index (χ1n) is 9.18. The molecule has 2 N–H and O–H groups in total. The second-order valence-electron chi connectivity index (χ2n) is 6.44. The molecule has 0 heterocycles. The van der Waals surface area contributed by atoms with Crippen LogP contribution in [0, 0.1) is 0 Å². The second kappa shape index (κ2) is 12.2. The van der Waals surface area contributed by atoms with Crippen molar-refractivity contribution in [1.82, 2.24) is 10.6 Å².